The Labute approximate surface area is 188 Å². The number of nitrogens with zero attached hydrogens (tertiary/aromatic N) is 2. The summed E-state index contributed by atoms with van der Waals surface area (Å²) in [6, 6.07) is 10.3. The summed E-state index contributed by atoms with van der Waals surface area (Å²) in [5.41, 5.74) is 0.927. The molecule has 0 saturated carbocycles. The maximum atomic E-state index is 12.6. The number of anilines is 2. The molecule has 162 valence electrons. The van der Waals surface area contributed by atoms with E-state index in [-0.39, 0.29) is 23.2 Å². The van der Waals surface area contributed by atoms with Gasteiger partial charge in [0.1, 0.15) is 6.61 Å². The van der Waals surface area contributed by atoms with Crippen LogP contribution in [-0.4, -0.2) is 31.6 Å². The fraction of sp³-hybridized carbons (Fsp3) is 0.105. The van der Waals surface area contributed by atoms with Crippen LogP contribution in [0.4, 0.5) is 16.3 Å². The highest BCUT2D eigenvalue weighted by Crippen LogP contribution is 2.23. The van der Waals surface area contributed by atoms with E-state index in [1.807, 2.05) is 0 Å². The Morgan fingerprint density at radius 1 is 1.06 bits per heavy atom. The second kappa shape index (κ2) is 9.82. The normalized spacial score (nSPS) is 10.9. The molecule has 2 N–H and O–H groups in total. The molecule has 0 atom stereocenters. The molecule has 1 amide bonds. The highest BCUT2D eigenvalue weighted by molar-refractivity contribution is 7.92. The van der Waals surface area contributed by atoms with Gasteiger partial charge in [-0.1, -0.05) is 29.3 Å². The monoisotopic (exact) mass is 482 g/mol. The molecule has 0 bridgehead atoms. The molecular formula is C19H16Cl2N4O5S. The Balaban J connectivity index is 1.62. The van der Waals surface area contributed by atoms with Gasteiger partial charge in [0.2, 0.25) is 5.82 Å². The smallest absolute Gasteiger partial charge is 0.411 e. The Morgan fingerprint density at radius 2 is 1.77 bits per heavy atom. The van der Waals surface area contributed by atoms with Crippen LogP contribution < -0.4 is 14.8 Å². The van der Waals surface area contributed by atoms with Gasteiger partial charge in [0, 0.05) is 33.7 Å². The number of benzene rings is 2. The van der Waals surface area contributed by atoms with E-state index >= 15 is 0 Å². The number of nitrogens with one attached hydrogen (secondary N) is 2. The van der Waals surface area contributed by atoms with Crippen molar-refractivity contribution < 1.29 is 22.7 Å². The second-order valence-electron chi connectivity index (χ2n) is 5.98. The quantitative estimate of drug-likeness (QED) is 0.513. The van der Waals surface area contributed by atoms with E-state index in [0.29, 0.717) is 21.3 Å². The third kappa shape index (κ3) is 5.97. The highest BCUT2D eigenvalue weighted by Gasteiger charge is 2.18. The minimum Gasteiger partial charge on any atom is -0.478 e. The maximum Gasteiger partial charge on any atom is 0.411 e. The van der Waals surface area contributed by atoms with E-state index in [9.17, 15) is 13.2 Å². The van der Waals surface area contributed by atoms with Gasteiger partial charge in [-0.05, 0) is 36.4 Å². The molecule has 12 heteroatoms. The zero-order chi connectivity index (χ0) is 22.4. The predicted molar refractivity (Wildman–Crippen MR) is 116 cm³/mol. The highest BCUT2D eigenvalue weighted by atomic mass is 35.5. The molecule has 3 aromatic rings. The van der Waals surface area contributed by atoms with E-state index in [1.165, 1.54) is 43.8 Å². The first-order valence-corrected chi connectivity index (χ1v) is 10.9. The van der Waals surface area contributed by atoms with Crippen LogP contribution in [0.25, 0.3) is 0 Å². The molecule has 9 nitrogen and oxygen atoms in total. The van der Waals surface area contributed by atoms with Crippen molar-refractivity contribution in [1.29, 1.82) is 0 Å². The summed E-state index contributed by atoms with van der Waals surface area (Å²) in [4.78, 5) is 19.7. The average molecular weight is 483 g/mol. The maximum absolute atomic E-state index is 12.6. The van der Waals surface area contributed by atoms with Crippen molar-refractivity contribution in [1.82, 2.24) is 9.97 Å². The molecule has 0 saturated heterocycles. The third-order valence-electron chi connectivity index (χ3n) is 3.87. The molecule has 0 spiro atoms. The van der Waals surface area contributed by atoms with E-state index in [1.54, 1.807) is 18.2 Å². The minimum absolute atomic E-state index is 0.0351. The van der Waals surface area contributed by atoms with Crippen LogP contribution in [0.3, 0.4) is 0 Å². The van der Waals surface area contributed by atoms with Crippen molar-refractivity contribution in [2.45, 2.75) is 11.5 Å². The molecule has 0 aliphatic carbocycles. The van der Waals surface area contributed by atoms with Crippen LogP contribution >= 0.6 is 23.2 Å². The zero-order valence-electron chi connectivity index (χ0n) is 16.0. The van der Waals surface area contributed by atoms with Crippen LogP contribution in [0.2, 0.25) is 10.0 Å². The average Bonchev–Trinajstić information content (AvgIpc) is 2.73. The molecule has 2 aromatic carbocycles. The van der Waals surface area contributed by atoms with Crippen molar-refractivity contribution >= 4 is 50.8 Å². The van der Waals surface area contributed by atoms with Crippen LogP contribution in [0, 0.1) is 0 Å². The van der Waals surface area contributed by atoms with Gasteiger partial charge in [-0.3, -0.25) is 10.0 Å². The minimum atomic E-state index is -3.95. The Morgan fingerprint density at radius 3 is 2.45 bits per heavy atom. The summed E-state index contributed by atoms with van der Waals surface area (Å²) in [7, 11) is -2.60. The van der Waals surface area contributed by atoms with E-state index < -0.39 is 16.1 Å². The van der Waals surface area contributed by atoms with Crippen molar-refractivity contribution in [2.24, 2.45) is 0 Å². The summed E-state index contributed by atoms with van der Waals surface area (Å²) in [5, 5.41) is 3.35. The lowest BCUT2D eigenvalue weighted by Gasteiger charge is -2.11. The van der Waals surface area contributed by atoms with E-state index in [0.717, 1.165) is 0 Å². The molecular weight excluding hydrogens is 467 g/mol. The lowest BCUT2D eigenvalue weighted by Crippen LogP contribution is -2.16. The predicted octanol–water partition coefficient (Wildman–Crippen LogP) is 4.34. The van der Waals surface area contributed by atoms with Crippen LogP contribution in [0.15, 0.2) is 59.8 Å². The summed E-state index contributed by atoms with van der Waals surface area (Å²) >= 11 is 11.9. The molecule has 0 unspecified atom stereocenters. The first-order valence-electron chi connectivity index (χ1n) is 8.64. The fourth-order valence-corrected chi connectivity index (χ4v) is 3.85. The SMILES string of the molecule is COc1nccnc1NS(=O)(=O)c1ccc(NC(=O)OCc2ccc(Cl)cc2Cl)cc1. The molecule has 1 heterocycles. The first kappa shape index (κ1) is 22.6. The first-order chi connectivity index (χ1) is 14.8. The number of hydrogen-bond acceptors (Lipinski definition) is 7. The lowest BCUT2D eigenvalue weighted by molar-refractivity contribution is 0.155. The van der Waals surface area contributed by atoms with E-state index in [2.05, 4.69) is 20.0 Å². The fourth-order valence-electron chi connectivity index (χ4n) is 2.38. The number of halogens is 2. The molecule has 0 aliphatic heterocycles. The van der Waals surface area contributed by atoms with Gasteiger partial charge in [0.15, 0.2) is 0 Å². The lowest BCUT2D eigenvalue weighted by atomic mass is 10.2. The van der Waals surface area contributed by atoms with Crippen molar-refractivity contribution in [3.8, 4) is 5.88 Å². The van der Waals surface area contributed by atoms with Crippen molar-refractivity contribution in [3.63, 3.8) is 0 Å². The topological polar surface area (TPSA) is 120 Å². The summed E-state index contributed by atoms with van der Waals surface area (Å²) in [5.74, 6) is -0.00969. The molecule has 0 aliphatic rings. The van der Waals surface area contributed by atoms with E-state index in [4.69, 9.17) is 32.7 Å². The molecule has 0 radical (unpaired) electrons. The standard InChI is InChI=1S/C19H16Cl2N4O5S/c1-29-18-17(22-8-9-23-18)25-31(27,28)15-6-4-14(5-7-15)24-19(26)30-11-12-2-3-13(20)10-16(12)21/h2-10H,11H2,1H3,(H,22,25)(H,24,26). The van der Waals surface area contributed by atoms with Gasteiger partial charge in [-0.2, -0.15) is 0 Å². The number of carbonyl (C=O) groups is 1. The number of amides is 1. The summed E-state index contributed by atoms with van der Waals surface area (Å²) in [6.45, 7) is -0.0574. The Hall–Kier alpha value is -3.08. The number of carbonyl (C=O) groups excluding carboxylic acids is 1. The van der Waals surface area contributed by atoms with Crippen molar-refractivity contribution in [2.75, 3.05) is 17.1 Å². The molecule has 3 rings (SSSR count). The van der Waals surface area contributed by atoms with Crippen LogP contribution in [0.5, 0.6) is 5.88 Å². The number of ether oxygens (including phenoxy) is 2. The van der Waals surface area contributed by atoms with Crippen LogP contribution in [0.1, 0.15) is 5.56 Å². The van der Waals surface area contributed by atoms with Gasteiger partial charge in [-0.25, -0.2) is 23.2 Å². The number of rotatable bonds is 7. The van der Waals surface area contributed by atoms with Gasteiger partial charge >= 0.3 is 6.09 Å². The molecule has 1 aromatic heterocycles. The van der Waals surface area contributed by atoms with Gasteiger partial charge in [0.25, 0.3) is 15.9 Å². The van der Waals surface area contributed by atoms with Crippen molar-refractivity contribution in [3.05, 3.63) is 70.5 Å². The number of sulfonamides is 1. The number of aromatic nitrogens is 2. The third-order valence-corrected chi connectivity index (χ3v) is 5.82. The zero-order valence-corrected chi connectivity index (χ0v) is 18.3. The van der Waals surface area contributed by atoms with Crippen LogP contribution in [-0.2, 0) is 21.4 Å². The number of methoxy groups -OCH3 is 1. The van der Waals surface area contributed by atoms with Gasteiger partial charge < -0.3 is 9.47 Å². The van der Waals surface area contributed by atoms with Gasteiger partial charge in [-0.15, -0.1) is 0 Å². The summed E-state index contributed by atoms with van der Waals surface area (Å²) < 4.78 is 37.5. The second-order valence-corrected chi connectivity index (χ2v) is 8.51. The number of hydrogen-bond donors (Lipinski definition) is 2. The molecule has 31 heavy (non-hydrogen) atoms. The van der Waals surface area contributed by atoms with Gasteiger partial charge in [0.05, 0.1) is 12.0 Å². The molecule has 0 fully saturated rings. The summed E-state index contributed by atoms with van der Waals surface area (Å²) in [6.07, 6.45) is 1.97. The Kier molecular flexibility index (Phi) is 7.16. The Bertz CT molecular complexity index is 1190. The largest absolute Gasteiger partial charge is 0.478 e.